The first-order valence-corrected chi connectivity index (χ1v) is 8.56. The number of nitro groups is 1. The highest BCUT2D eigenvalue weighted by Crippen LogP contribution is 2.40. The smallest absolute Gasteiger partial charge is 0.335 e. The summed E-state index contributed by atoms with van der Waals surface area (Å²) in [6.45, 7) is 0. The van der Waals surface area contributed by atoms with Gasteiger partial charge in [-0.3, -0.25) is 14.9 Å². The van der Waals surface area contributed by atoms with Gasteiger partial charge in [-0.15, -0.1) is 11.3 Å². The van der Waals surface area contributed by atoms with Gasteiger partial charge >= 0.3 is 5.97 Å². The number of carbonyl (C=O) groups excluding carboxylic acids is 1. The van der Waals surface area contributed by atoms with Crippen molar-refractivity contribution in [1.82, 2.24) is 0 Å². The van der Waals surface area contributed by atoms with Crippen LogP contribution < -0.4 is 5.32 Å². The summed E-state index contributed by atoms with van der Waals surface area (Å²) < 4.78 is 0.276. The molecule has 0 aliphatic heterocycles. The van der Waals surface area contributed by atoms with E-state index in [4.69, 9.17) is 28.3 Å². The Kier molecular flexibility index (Phi) is 4.82. The van der Waals surface area contributed by atoms with Crippen LogP contribution in [0.25, 0.3) is 10.1 Å². The van der Waals surface area contributed by atoms with Crippen molar-refractivity contribution >= 4 is 67.9 Å². The molecule has 132 valence electrons. The first-order chi connectivity index (χ1) is 12.3. The quantitative estimate of drug-likeness (QED) is 0.460. The summed E-state index contributed by atoms with van der Waals surface area (Å²) in [6, 6.07) is 8.24. The van der Waals surface area contributed by atoms with Crippen molar-refractivity contribution in [2.24, 2.45) is 0 Å². The fraction of sp³-hybridized carbons (Fsp3) is 0. The second-order valence-electron chi connectivity index (χ2n) is 5.11. The number of non-ortho nitro benzene ring substituents is 1. The van der Waals surface area contributed by atoms with Crippen LogP contribution >= 0.6 is 34.5 Å². The summed E-state index contributed by atoms with van der Waals surface area (Å²) in [7, 11) is 0. The molecule has 0 saturated carbocycles. The summed E-state index contributed by atoms with van der Waals surface area (Å²) in [6.07, 6.45) is 0. The molecule has 0 radical (unpaired) electrons. The van der Waals surface area contributed by atoms with E-state index in [9.17, 15) is 19.7 Å². The average Bonchev–Trinajstić information content (AvgIpc) is 2.93. The lowest BCUT2D eigenvalue weighted by Crippen LogP contribution is -2.11. The average molecular weight is 411 g/mol. The molecule has 3 aromatic rings. The Labute approximate surface area is 159 Å². The van der Waals surface area contributed by atoms with Gasteiger partial charge in [-0.25, -0.2) is 4.79 Å². The van der Waals surface area contributed by atoms with E-state index in [1.165, 1.54) is 30.3 Å². The van der Waals surface area contributed by atoms with Gasteiger partial charge in [-0.05, 0) is 18.2 Å². The molecule has 0 saturated heterocycles. The number of carbonyl (C=O) groups is 2. The van der Waals surface area contributed by atoms with E-state index in [1.54, 1.807) is 6.07 Å². The Hall–Kier alpha value is -2.68. The zero-order chi connectivity index (χ0) is 19.0. The SMILES string of the molecule is O=C(O)c1ccc(Cl)c(NC(=O)c2sc3c([N+](=O)[O-])cccc3c2Cl)c1. The zero-order valence-corrected chi connectivity index (χ0v) is 15.0. The highest BCUT2D eigenvalue weighted by Gasteiger charge is 2.23. The van der Waals surface area contributed by atoms with E-state index in [0.29, 0.717) is 5.39 Å². The van der Waals surface area contributed by atoms with Crippen molar-refractivity contribution in [2.75, 3.05) is 5.32 Å². The van der Waals surface area contributed by atoms with Crippen molar-refractivity contribution in [3.63, 3.8) is 0 Å². The summed E-state index contributed by atoms with van der Waals surface area (Å²) in [5.74, 6) is -1.82. The van der Waals surface area contributed by atoms with Crippen LogP contribution in [-0.4, -0.2) is 21.9 Å². The summed E-state index contributed by atoms with van der Waals surface area (Å²) in [5, 5.41) is 23.3. The van der Waals surface area contributed by atoms with Gasteiger partial charge in [0.25, 0.3) is 11.6 Å². The second kappa shape index (κ2) is 6.91. The maximum absolute atomic E-state index is 12.6. The van der Waals surface area contributed by atoms with Crippen LogP contribution in [0.1, 0.15) is 20.0 Å². The van der Waals surface area contributed by atoms with Gasteiger partial charge < -0.3 is 10.4 Å². The lowest BCUT2D eigenvalue weighted by molar-refractivity contribution is -0.382. The molecule has 1 aromatic heterocycles. The van der Waals surface area contributed by atoms with Crippen molar-refractivity contribution < 1.29 is 19.6 Å². The van der Waals surface area contributed by atoms with Crippen molar-refractivity contribution in [3.8, 4) is 0 Å². The fourth-order valence-electron chi connectivity index (χ4n) is 2.30. The summed E-state index contributed by atoms with van der Waals surface area (Å²) >= 11 is 13.1. The topological polar surface area (TPSA) is 110 Å². The van der Waals surface area contributed by atoms with Gasteiger partial charge in [0, 0.05) is 11.5 Å². The molecular weight excluding hydrogens is 403 g/mol. The largest absolute Gasteiger partial charge is 0.478 e. The van der Waals surface area contributed by atoms with Crippen LogP contribution in [0.15, 0.2) is 36.4 Å². The van der Waals surface area contributed by atoms with Crippen LogP contribution in [-0.2, 0) is 0 Å². The van der Waals surface area contributed by atoms with Gasteiger partial charge in [0.05, 0.1) is 26.2 Å². The maximum atomic E-state index is 12.6. The molecule has 2 N–H and O–H groups in total. The lowest BCUT2D eigenvalue weighted by atomic mass is 10.2. The number of amides is 1. The Balaban J connectivity index is 2.03. The molecule has 0 unspecified atom stereocenters. The summed E-state index contributed by atoms with van der Waals surface area (Å²) in [4.78, 5) is 34.3. The first-order valence-electron chi connectivity index (χ1n) is 6.99. The molecule has 1 amide bonds. The van der Waals surface area contributed by atoms with Gasteiger partial charge in [0.15, 0.2) is 0 Å². The van der Waals surface area contributed by atoms with Crippen molar-refractivity contribution in [1.29, 1.82) is 0 Å². The molecule has 0 spiro atoms. The first kappa shape index (κ1) is 18.1. The molecule has 7 nitrogen and oxygen atoms in total. The minimum Gasteiger partial charge on any atom is -0.478 e. The van der Waals surface area contributed by atoms with Crippen LogP contribution in [0.2, 0.25) is 10.0 Å². The zero-order valence-electron chi connectivity index (χ0n) is 12.7. The van der Waals surface area contributed by atoms with Gasteiger partial charge in [-0.1, -0.05) is 35.3 Å². The van der Waals surface area contributed by atoms with E-state index >= 15 is 0 Å². The lowest BCUT2D eigenvalue weighted by Gasteiger charge is -2.07. The molecule has 2 aromatic carbocycles. The molecule has 0 aliphatic rings. The van der Waals surface area contributed by atoms with Gasteiger partial charge in [0.1, 0.15) is 9.58 Å². The molecule has 0 atom stereocenters. The van der Waals surface area contributed by atoms with Crippen molar-refractivity contribution in [3.05, 3.63) is 67.0 Å². The van der Waals surface area contributed by atoms with Crippen LogP contribution in [0.4, 0.5) is 11.4 Å². The molecule has 1 heterocycles. The molecule has 26 heavy (non-hydrogen) atoms. The number of aromatic carboxylic acids is 1. The molecule has 10 heteroatoms. The van der Waals surface area contributed by atoms with Gasteiger partial charge in [-0.2, -0.15) is 0 Å². The second-order valence-corrected chi connectivity index (χ2v) is 6.92. The number of halogens is 2. The normalized spacial score (nSPS) is 10.7. The molecule has 0 bridgehead atoms. The fourth-order valence-corrected chi connectivity index (χ4v) is 3.95. The van der Waals surface area contributed by atoms with E-state index < -0.39 is 16.8 Å². The van der Waals surface area contributed by atoms with Crippen LogP contribution in [0.5, 0.6) is 0 Å². The number of carboxylic acid groups (broad SMARTS) is 1. The van der Waals surface area contributed by atoms with Crippen molar-refractivity contribution in [2.45, 2.75) is 0 Å². The Bertz CT molecular complexity index is 1080. The van der Waals surface area contributed by atoms with Gasteiger partial charge in [0.2, 0.25) is 0 Å². The number of hydrogen-bond donors (Lipinski definition) is 2. The number of carboxylic acids is 1. The monoisotopic (exact) mass is 410 g/mol. The summed E-state index contributed by atoms with van der Waals surface area (Å²) in [5.41, 5.74) is -0.110. The number of nitrogens with one attached hydrogen (secondary N) is 1. The highest BCUT2D eigenvalue weighted by molar-refractivity contribution is 7.22. The number of nitrogens with zero attached hydrogens (tertiary/aromatic N) is 1. The third-order valence-corrected chi connectivity index (χ3v) is 5.56. The van der Waals surface area contributed by atoms with E-state index in [-0.39, 0.29) is 36.6 Å². The van der Waals surface area contributed by atoms with E-state index in [1.807, 2.05) is 0 Å². The maximum Gasteiger partial charge on any atom is 0.335 e. The number of nitro benzene ring substituents is 1. The molecular formula is C16H8Cl2N2O5S. The number of anilines is 1. The van der Waals surface area contributed by atoms with E-state index in [2.05, 4.69) is 5.32 Å². The minimum absolute atomic E-state index is 0.0530. The molecule has 3 rings (SSSR count). The number of benzene rings is 2. The third kappa shape index (κ3) is 3.22. The Morgan fingerprint density at radius 1 is 1.19 bits per heavy atom. The van der Waals surface area contributed by atoms with Crippen LogP contribution in [0, 0.1) is 10.1 Å². The predicted molar refractivity (Wildman–Crippen MR) is 99.9 cm³/mol. The number of thiophene rings is 1. The predicted octanol–water partition coefficient (Wildman–Crippen LogP) is 5.07. The standard InChI is InChI=1S/C16H8Cl2N2O5S/c17-9-5-4-7(16(22)23)6-10(9)19-15(21)14-12(18)8-2-1-3-11(20(24)25)13(8)26-14/h1-6H,(H,19,21)(H,22,23). The molecule has 0 fully saturated rings. The number of hydrogen-bond acceptors (Lipinski definition) is 5. The van der Waals surface area contributed by atoms with E-state index in [0.717, 1.165) is 11.3 Å². The highest BCUT2D eigenvalue weighted by atomic mass is 35.5. The third-order valence-electron chi connectivity index (χ3n) is 3.50. The molecule has 0 aliphatic carbocycles. The van der Waals surface area contributed by atoms with Crippen LogP contribution in [0.3, 0.4) is 0 Å². The Morgan fingerprint density at radius 3 is 2.58 bits per heavy atom. The number of rotatable bonds is 4. The minimum atomic E-state index is -1.17. The Morgan fingerprint density at radius 2 is 1.92 bits per heavy atom. The number of fused-ring (bicyclic) bond motifs is 1.